The molecule has 9 heteroatoms. The van der Waals surface area contributed by atoms with Crippen molar-refractivity contribution in [3.05, 3.63) is 42.4 Å². The molecule has 1 heterocycles. The van der Waals surface area contributed by atoms with Gasteiger partial charge in [-0.2, -0.15) is 13.2 Å². The molecule has 2 N–H and O–H groups in total. The number of H-pyrrole nitrogens is 1. The predicted molar refractivity (Wildman–Crippen MR) is 105 cm³/mol. The van der Waals surface area contributed by atoms with E-state index in [0.29, 0.717) is 32.0 Å². The summed E-state index contributed by atoms with van der Waals surface area (Å²) in [5.74, 6) is 1.46. The van der Waals surface area contributed by atoms with Crippen LogP contribution < -0.4 is 5.32 Å². The van der Waals surface area contributed by atoms with Crippen LogP contribution in [-0.2, 0) is 6.54 Å². The highest BCUT2D eigenvalue weighted by Gasteiger charge is 2.28. The Morgan fingerprint density at radius 3 is 2.57 bits per heavy atom. The molecule has 1 aromatic heterocycles. The van der Waals surface area contributed by atoms with Gasteiger partial charge in [-0.3, -0.25) is 9.89 Å². The highest BCUT2D eigenvalue weighted by Crippen LogP contribution is 2.17. The zero-order valence-electron chi connectivity index (χ0n) is 16.4. The molecule has 0 saturated carbocycles. The maximum atomic E-state index is 12.3. The van der Waals surface area contributed by atoms with Gasteiger partial charge in [0, 0.05) is 20.6 Å². The number of aromatic nitrogens is 2. The van der Waals surface area contributed by atoms with Gasteiger partial charge in [-0.25, -0.2) is 4.98 Å². The number of nitrogens with one attached hydrogen (secondary N) is 2. The molecule has 2 aromatic rings. The number of rotatable bonds is 8. The Morgan fingerprint density at radius 2 is 1.93 bits per heavy atom. The molecule has 6 nitrogen and oxygen atoms in total. The Kier molecular flexibility index (Phi) is 7.86. The molecular formula is C19H27F3N6. The van der Waals surface area contributed by atoms with Crippen molar-refractivity contribution in [3.63, 3.8) is 0 Å². The summed E-state index contributed by atoms with van der Waals surface area (Å²) in [5, 5.41) is 3.17. The zero-order chi connectivity index (χ0) is 20.6. The van der Waals surface area contributed by atoms with E-state index < -0.39 is 12.7 Å². The first kappa shape index (κ1) is 21.7. The third-order valence-electron chi connectivity index (χ3n) is 4.12. The van der Waals surface area contributed by atoms with E-state index in [4.69, 9.17) is 0 Å². The number of hydrogen-bond acceptors (Lipinski definition) is 3. The molecule has 0 atom stereocenters. The van der Waals surface area contributed by atoms with E-state index >= 15 is 0 Å². The van der Waals surface area contributed by atoms with E-state index in [1.807, 2.05) is 42.3 Å². The van der Waals surface area contributed by atoms with Crippen LogP contribution in [-0.4, -0.2) is 72.7 Å². The van der Waals surface area contributed by atoms with Gasteiger partial charge in [0.2, 0.25) is 0 Å². The summed E-state index contributed by atoms with van der Waals surface area (Å²) in [4.78, 5) is 15.1. The lowest BCUT2D eigenvalue weighted by molar-refractivity contribution is -0.143. The van der Waals surface area contributed by atoms with E-state index in [1.54, 1.807) is 13.2 Å². The summed E-state index contributed by atoms with van der Waals surface area (Å²) in [5.41, 5.74) is 2.01. The van der Waals surface area contributed by atoms with E-state index in [1.165, 1.54) is 11.9 Å². The molecule has 0 amide bonds. The van der Waals surface area contributed by atoms with Crippen molar-refractivity contribution in [1.29, 1.82) is 0 Å². The highest BCUT2D eigenvalue weighted by atomic mass is 19.4. The second-order valence-electron chi connectivity index (χ2n) is 6.65. The SMILES string of the molecule is CN=C(NCCCN(C)CC(F)(F)F)N(C)Cc1ncc(-c2ccccc2)[nH]1. The van der Waals surface area contributed by atoms with E-state index in [2.05, 4.69) is 20.3 Å². The lowest BCUT2D eigenvalue weighted by Gasteiger charge is -2.22. The van der Waals surface area contributed by atoms with Crippen LogP contribution in [0.5, 0.6) is 0 Å². The number of halogens is 3. The van der Waals surface area contributed by atoms with E-state index in [0.717, 1.165) is 17.1 Å². The smallest absolute Gasteiger partial charge is 0.356 e. The fourth-order valence-corrected chi connectivity index (χ4v) is 2.83. The number of aliphatic imine (C=N–C) groups is 1. The average molecular weight is 396 g/mol. The van der Waals surface area contributed by atoms with Gasteiger partial charge >= 0.3 is 6.18 Å². The molecule has 2 rings (SSSR count). The summed E-state index contributed by atoms with van der Waals surface area (Å²) < 4.78 is 37.0. The number of guanidine groups is 1. The molecule has 1 aromatic carbocycles. The van der Waals surface area contributed by atoms with Crippen molar-refractivity contribution >= 4 is 5.96 Å². The molecule has 0 spiro atoms. The molecule has 0 aliphatic rings. The topological polar surface area (TPSA) is 59.6 Å². The van der Waals surface area contributed by atoms with Crippen LogP contribution in [0.25, 0.3) is 11.3 Å². The van der Waals surface area contributed by atoms with Crippen molar-refractivity contribution in [2.45, 2.75) is 19.1 Å². The van der Waals surface area contributed by atoms with Crippen molar-refractivity contribution < 1.29 is 13.2 Å². The Balaban J connectivity index is 1.79. The van der Waals surface area contributed by atoms with Crippen molar-refractivity contribution in [2.75, 3.05) is 40.8 Å². The number of benzene rings is 1. The lowest BCUT2D eigenvalue weighted by atomic mass is 10.2. The molecular weight excluding hydrogens is 369 g/mol. The highest BCUT2D eigenvalue weighted by molar-refractivity contribution is 5.79. The second-order valence-corrected chi connectivity index (χ2v) is 6.65. The molecule has 0 fully saturated rings. The van der Waals surface area contributed by atoms with Gasteiger partial charge in [-0.15, -0.1) is 0 Å². The minimum Gasteiger partial charge on any atom is -0.356 e. The molecule has 0 unspecified atom stereocenters. The third kappa shape index (κ3) is 7.22. The molecule has 0 radical (unpaired) electrons. The van der Waals surface area contributed by atoms with Gasteiger partial charge in [0.05, 0.1) is 25.0 Å². The van der Waals surface area contributed by atoms with Gasteiger partial charge in [0.1, 0.15) is 5.82 Å². The average Bonchev–Trinajstić information content (AvgIpc) is 3.09. The molecule has 154 valence electrons. The summed E-state index contributed by atoms with van der Waals surface area (Å²) in [6, 6.07) is 9.93. The molecule has 0 aliphatic heterocycles. The van der Waals surface area contributed by atoms with Crippen molar-refractivity contribution in [1.82, 2.24) is 25.1 Å². The Labute approximate surface area is 163 Å². The fourth-order valence-electron chi connectivity index (χ4n) is 2.83. The minimum atomic E-state index is -4.17. The van der Waals surface area contributed by atoms with Crippen LogP contribution in [0.1, 0.15) is 12.2 Å². The number of aromatic amines is 1. The van der Waals surface area contributed by atoms with Gasteiger partial charge in [-0.1, -0.05) is 30.3 Å². The third-order valence-corrected chi connectivity index (χ3v) is 4.12. The predicted octanol–water partition coefficient (Wildman–Crippen LogP) is 2.97. The van der Waals surface area contributed by atoms with E-state index in [9.17, 15) is 13.2 Å². The monoisotopic (exact) mass is 396 g/mol. The standard InChI is InChI=1S/C19H27F3N6/c1-23-18(24-10-7-11-27(2)14-19(20,21)22)28(3)13-17-25-12-16(26-17)15-8-5-4-6-9-15/h4-6,8-9,12H,7,10-11,13-14H2,1-3H3,(H,23,24)(H,25,26). The number of alkyl halides is 3. The minimum absolute atomic E-state index is 0.353. The van der Waals surface area contributed by atoms with Gasteiger partial charge in [-0.05, 0) is 25.6 Å². The van der Waals surface area contributed by atoms with Gasteiger partial charge < -0.3 is 15.2 Å². The van der Waals surface area contributed by atoms with Crippen LogP contribution >= 0.6 is 0 Å². The van der Waals surface area contributed by atoms with Crippen LogP contribution in [0.15, 0.2) is 41.5 Å². The summed E-state index contributed by atoms with van der Waals surface area (Å²) >= 11 is 0. The maximum absolute atomic E-state index is 12.3. The van der Waals surface area contributed by atoms with Crippen LogP contribution in [0.3, 0.4) is 0 Å². The molecule has 28 heavy (non-hydrogen) atoms. The fraction of sp³-hybridized carbons (Fsp3) is 0.474. The Hall–Kier alpha value is -2.55. The Bertz CT molecular complexity index is 742. The van der Waals surface area contributed by atoms with Crippen molar-refractivity contribution in [3.8, 4) is 11.3 Å². The first-order valence-corrected chi connectivity index (χ1v) is 9.05. The zero-order valence-corrected chi connectivity index (χ0v) is 16.4. The maximum Gasteiger partial charge on any atom is 0.401 e. The first-order chi connectivity index (χ1) is 13.3. The molecule has 0 bridgehead atoms. The summed E-state index contributed by atoms with van der Waals surface area (Å²) in [6.45, 7) is 0.517. The number of imidazole rings is 1. The van der Waals surface area contributed by atoms with Crippen LogP contribution in [0.2, 0.25) is 0 Å². The normalized spacial score (nSPS) is 12.5. The second kappa shape index (κ2) is 10.1. The van der Waals surface area contributed by atoms with Gasteiger partial charge in [0.15, 0.2) is 5.96 Å². The largest absolute Gasteiger partial charge is 0.401 e. The lowest BCUT2D eigenvalue weighted by Crippen LogP contribution is -2.40. The number of hydrogen-bond donors (Lipinski definition) is 2. The summed E-state index contributed by atoms with van der Waals surface area (Å²) in [7, 11) is 5.03. The van der Waals surface area contributed by atoms with E-state index in [-0.39, 0.29) is 0 Å². The quantitative estimate of drug-likeness (QED) is 0.409. The molecule has 0 saturated heterocycles. The number of nitrogens with zero attached hydrogens (tertiary/aromatic N) is 4. The van der Waals surface area contributed by atoms with Crippen LogP contribution in [0, 0.1) is 0 Å². The molecule has 0 aliphatic carbocycles. The van der Waals surface area contributed by atoms with Gasteiger partial charge in [0.25, 0.3) is 0 Å². The first-order valence-electron chi connectivity index (χ1n) is 9.05. The van der Waals surface area contributed by atoms with Crippen LogP contribution in [0.4, 0.5) is 13.2 Å². The Morgan fingerprint density at radius 1 is 1.21 bits per heavy atom. The van der Waals surface area contributed by atoms with Crippen molar-refractivity contribution in [2.24, 2.45) is 4.99 Å². The summed E-state index contributed by atoms with van der Waals surface area (Å²) in [6.07, 6.45) is -1.79.